The zero-order chi connectivity index (χ0) is 24.7. The lowest BCUT2D eigenvalue weighted by molar-refractivity contribution is -0.140. The average Bonchev–Trinajstić information content (AvgIpc) is 3.55. The second-order valence-electron chi connectivity index (χ2n) is 11.3. The number of benzene rings is 1. The minimum Gasteiger partial charge on any atom is -0.369 e. The molecule has 1 aromatic rings. The molecule has 0 radical (unpaired) electrons. The summed E-state index contributed by atoms with van der Waals surface area (Å²) in [5.74, 6) is -0.312. The quantitative estimate of drug-likeness (QED) is 0.691. The summed E-state index contributed by atoms with van der Waals surface area (Å²) in [6.45, 7) is 8.66. The first kappa shape index (κ1) is 24.3. The molecule has 190 valence electrons. The number of carbonyl (C=O) groups excluding carboxylic acids is 3. The summed E-state index contributed by atoms with van der Waals surface area (Å²) in [6.07, 6.45) is 3.61. The second-order valence-corrected chi connectivity index (χ2v) is 11.3. The number of nitrogens with one attached hydrogen (secondary N) is 1. The fourth-order valence-corrected chi connectivity index (χ4v) is 6.39. The molecule has 1 aromatic carbocycles. The molecule has 0 bridgehead atoms. The van der Waals surface area contributed by atoms with E-state index in [1.165, 1.54) is 0 Å². The van der Waals surface area contributed by atoms with Crippen molar-refractivity contribution in [1.29, 1.82) is 0 Å². The van der Waals surface area contributed by atoms with Crippen molar-refractivity contribution in [2.24, 2.45) is 11.3 Å². The van der Waals surface area contributed by atoms with Gasteiger partial charge >= 0.3 is 0 Å². The SMILES string of the molecule is C[C@@H]1CN(C(=O)[C@@H](NC(=O)c2ccc(N3CCN(C)CC3)cc2)C2(C)CCCC2)[C@@H]2C(=O)CO[C@H]12. The summed E-state index contributed by atoms with van der Waals surface area (Å²) < 4.78 is 5.69. The molecule has 35 heavy (non-hydrogen) atoms. The number of hydrogen-bond acceptors (Lipinski definition) is 6. The first-order valence-electron chi connectivity index (χ1n) is 13.1. The van der Waals surface area contributed by atoms with Gasteiger partial charge < -0.3 is 24.8 Å². The van der Waals surface area contributed by atoms with Crippen LogP contribution >= 0.6 is 0 Å². The van der Waals surface area contributed by atoms with Crippen molar-refractivity contribution in [3.05, 3.63) is 29.8 Å². The van der Waals surface area contributed by atoms with Crippen LogP contribution in [-0.4, -0.2) is 92.0 Å². The molecular formula is C27H38N4O4. The Morgan fingerprint density at radius 2 is 1.74 bits per heavy atom. The number of ether oxygens (including phenoxy) is 1. The summed E-state index contributed by atoms with van der Waals surface area (Å²) in [4.78, 5) is 46.2. The molecule has 3 heterocycles. The molecule has 0 aromatic heterocycles. The lowest BCUT2D eigenvalue weighted by Gasteiger charge is -2.37. The van der Waals surface area contributed by atoms with E-state index >= 15 is 0 Å². The van der Waals surface area contributed by atoms with E-state index in [-0.39, 0.29) is 41.6 Å². The Morgan fingerprint density at radius 1 is 1.09 bits per heavy atom. The van der Waals surface area contributed by atoms with Gasteiger partial charge in [-0.3, -0.25) is 14.4 Å². The smallest absolute Gasteiger partial charge is 0.251 e. The maximum atomic E-state index is 13.9. The highest BCUT2D eigenvalue weighted by Crippen LogP contribution is 2.42. The van der Waals surface area contributed by atoms with Crippen molar-refractivity contribution < 1.29 is 19.1 Å². The Kier molecular flexibility index (Phi) is 6.61. The van der Waals surface area contributed by atoms with Gasteiger partial charge in [0.2, 0.25) is 5.91 Å². The number of anilines is 1. The lowest BCUT2D eigenvalue weighted by atomic mass is 9.79. The number of carbonyl (C=O) groups is 3. The van der Waals surface area contributed by atoms with Gasteiger partial charge in [0.05, 0.1) is 6.10 Å². The predicted octanol–water partition coefficient (Wildman–Crippen LogP) is 1.93. The Balaban J connectivity index is 1.33. The highest BCUT2D eigenvalue weighted by atomic mass is 16.5. The van der Waals surface area contributed by atoms with Gasteiger partial charge in [0.1, 0.15) is 18.7 Å². The number of likely N-dealkylation sites (tertiary alicyclic amines) is 1. The van der Waals surface area contributed by atoms with E-state index in [4.69, 9.17) is 4.74 Å². The van der Waals surface area contributed by atoms with Gasteiger partial charge in [-0.1, -0.05) is 26.7 Å². The highest BCUT2D eigenvalue weighted by Gasteiger charge is 2.54. The summed E-state index contributed by atoms with van der Waals surface area (Å²) in [6, 6.07) is 6.51. The van der Waals surface area contributed by atoms with Gasteiger partial charge in [-0.25, -0.2) is 0 Å². The van der Waals surface area contributed by atoms with Crippen molar-refractivity contribution in [1.82, 2.24) is 15.1 Å². The van der Waals surface area contributed by atoms with Crippen LogP contribution in [0.4, 0.5) is 5.69 Å². The van der Waals surface area contributed by atoms with Crippen molar-refractivity contribution >= 4 is 23.3 Å². The predicted molar refractivity (Wildman–Crippen MR) is 133 cm³/mol. The fourth-order valence-electron chi connectivity index (χ4n) is 6.39. The Morgan fingerprint density at radius 3 is 2.40 bits per heavy atom. The minimum absolute atomic E-state index is 0.0335. The molecule has 0 spiro atoms. The molecular weight excluding hydrogens is 444 g/mol. The van der Waals surface area contributed by atoms with E-state index in [2.05, 4.69) is 29.1 Å². The number of rotatable bonds is 5. The van der Waals surface area contributed by atoms with Crippen LogP contribution in [0.2, 0.25) is 0 Å². The normalized spacial score (nSPS) is 29.3. The van der Waals surface area contributed by atoms with Crippen molar-refractivity contribution in [3.8, 4) is 0 Å². The van der Waals surface area contributed by atoms with Gasteiger partial charge in [-0.2, -0.15) is 0 Å². The molecule has 1 N–H and O–H groups in total. The van der Waals surface area contributed by atoms with Crippen molar-refractivity contribution in [2.75, 3.05) is 51.3 Å². The number of hydrogen-bond donors (Lipinski definition) is 1. The minimum atomic E-state index is -0.658. The van der Waals surface area contributed by atoms with Crippen molar-refractivity contribution in [2.45, 2.75) is 57.7 Å². The average molecular weight is 483 g/mol. The van der Waals surface area contributed by atoms with Gasteiger partial charge in [0.15, 0.2) is 5.78 Å². The van der Waals surface area contributed by atoms with Crippen LogP contribution in [0.25, 0.3) is 0 Å². The van der Waals surface area contributed by atoms with Crippen LogP contribution in [0.1, 0.15) is 49.9 Å². The number of nitrogens with zero attached hydrogens (tertiary/aromatic N) is 3. The number of amides is 2. The zero-order valence-electron chi connectivity index (χ0n) is 21.2. The molecule has 3 saturated heterocycles. The third-order valence-electron chi connectivity index (χ3n) is 8.69. The topological polar surface area (TPSA) is 82.2 Å². The van der Waals surface area contributed by atoms with E-state index in [1.807, 2.05) is 31.2 Å². The molecule has 1 saturated carbocycles. The third kappa shape index (κ3) is 4.58. The van der Waals surface area contributed by atoms with E-state index < -0.39 is 12.1 Å². The Bertz CT molecular complexity index is 966. The number of piperazine rings is 1. The van der Waals surface area contributed by atoms with Crippen LogP contribution in [0.15, 0.2) is 24.3 Å². The maximum absolute atomic E-state index is 13.9. The molecule has 5 rings (SSSR count). The first-order valence-corrected chi connectivity index (χ1v) is 13.1. The molecule has 8 nitrogen and oxygen atoms in total. The molecule has 4 fully saturated rings. The lowest BCUT2D eigenvalue weighted by Crippen LogP contribution is -2.57. The molecule has 4 aliphatic rings. The first-order chi connectivity index (χ1) is 16.8. The standard InChI is InChI=1S/C27H38N4O4/c1-18-16-31(22-21(32)17-35-23(18)22)26(34)24(27(2)10-4-5-11-27)28-25(33)19-6-8-20(9-7-19)30-14-12-29(3)13-15-30/h6-9,18,22-24H,4-5,10-17H2,1-3H3,(H,28,33)/t18-,22-,23-,24-/m1/s1. The number of fused-ring (bicyclic) bond motifs is 1. The number of Topliss-reactive ketones (excluding diaryl/α,β-unsaturated/α-hetero) is 1. The van der Waals surface area contributed by atoms with Crippen LogP contribution in [-0.2, 0) is 14.3 Å². The fraction of sp³-hybridized carbons (Fsp3) is 0.667. The largest absolute Gasteiger partial charge is 0.369 e. The molecule has 2 amide bonds. The highest BCUT2D eigenvalue weighted by molar-refractivity contribution is 5.99. The van der Waals surface area contributed by atoms with Crippen molar-refractivity contribution in [3.63, 3.8) is 0 Å². The van der Waals surface area contributed by atoms with Gasteiger partial charge in [0.25, 0.3) is 5.91 Å². The third-order valence-corrected chi connectivity index (χ3v) is 8.69. The van der Waals surface area contributed by atoms with Crippen LogP contribution < -0.4 is 10.2 Å². The number of likely N-dealkylation sites (N-methyl/N-ethyl adjacent to an activating group) is 1. The molecule has 3 aliphatic heterocycles. The van der Waals surface area contributed by atoms with E-state index in [0.717, 1.165) is 57.5 Å². The molecule has 4 atom stereocenters. The summed E-state index contributed by atoms with van der Waals surface area (Å²) in [7, 11) is 2.13. The van der Waals surface area contributed by atoms with E-state index in [0.29, 0.717) is 12.1 Å². The van der Waals surface area contributed by atoms with Gasteiger partial charge in [-0.15, -0.1) is 0 Å². The van der Waals surface area contributed by atoms with E-state index in [1.54, 1.807) is 4.90 Å². The van der Waals surface area contributed by atoms with Gasteiger partial charge in [0, 0.05) is 49.9 Å². The number of ketones is 1. The maximum Gasteiger partial charge on any atom is 0.251 e. The summed E-state index contributed by atoms with van der Waals surface area (Å²) in [5, 5.41) is 3.10. The summed E-state index contributed by atoms with van der Waals surface area (Å²) >= 11 is 0. The molecule has 1 aliphatic carbocycles. The summed E-state index contributed by atoms with van der Waals surface area (Å²) in [5.41, 5.74) is 1.34. The van der Waals surface area contributed by atoms with E-state index in [9.17, 15) is 14.4 Å². The Hall–Kier alpha value is -2.45. The Labute approximate surface area is 207 Å². The van der Waals surface area contributed by atoms with Crippen LogP contribution in [0.3, 0.4) is 0 Å². The molecule has 0 unspecified atom stereocenters. The van der Waals surface area contributed by atoms with Crippen LogP contribution in [0.5, 0.6) is 0 Å². The molecule has 8 heteroatoms. The zero-order valence-corrected chi connectivity index (χ0v) is 21.2. The van der Waals surface area contributed by atoms with Crippen LogP contribution in [0, 0.1) is 11.3 Å². The second kappa shape index (κ2) is 9.54. The monoisotopic (exact) mass is 482 g/mol. The van der Waals surface area contributed by atoms with Gasteiger partial charge in [-0.05, 0) is 49.6 Å².